The highest BCUT2D eigenvalue weighted by Crippen LogP contribution is 2.29. The smallest absolute Gasteiger partial charge is 0.244 e. The van der Waals surface area contributed by atoms with Crippen LogP contribution in [0.2, 0.25) is 0 Å². The van der Waals surface area contributed by atoms with E-state index in [1.807, 2.05) is 24.5 Å². The Hall–Kier alpha value is -1.49. The fourth-order valence-electron chi connectivity index (χ4n) is 1.78. The van der Waals surface area contributed by atoms with Gasteiger partial charge in [-0.05, 0) is 18.4 Å². The molecule has 1 heterocycles. The van der Waals surface area contributed by atoms with Crippen molar-refractivity contribution in [3.8, 4) is 0 Å². The fraction of sp³-hybridized carbons (Fsp3) is 0.333. The minimum absolute atomic E-state index is 0.00153. The van der Waals surface area contributed by atoms with Gasteiger partial charge in [-0.15, -0.1) is 0 Å². The Morgan fingerprint density at radius 2 is 2.24 bits per heavy atom. The summed E-state index contributed by atoms with van der Waals surface area (Å²) in [4.78, 5) is 25.1. The summed E-state index contributed by atoms with van der Waals surface area (Å²) >= 11 is 1.63. The second-order valence-corrected chi connectivity index (χ2v) is 4.77. The minimum atomic E-state index is -0.138. The number of thioether (sulfide) groups is 1. The third-order valence-corrected chi connectivity index (χ3v) is 3.20. The van der Waals surface area contributed by atoms with E-state index >= 15 is 0 Å². The molecule has 2 rings (SSSR count). The first-order valence-corrected chi connectivity index (χ1v) is 6.80. The molecule has 90 valence electrons. The molecule has 1 aliphatic heterocycles. The number of rotatable bonds is 3. The average Bonchev–Trinajstić information content (AvgIpc) is 2.34. The van der Waals surface area contributed by atoms with Crippen molar-refractivity contribution in [2.75, 3.05) is 28.8 Å². The van der Waals surface area contributed by atoms with Crippen LogP contribution in [0.3, 0.4) is 0 Å². The van der Waals surface area contributed by atoms with E-state index in [0.29, 0.717) is 12.1 Å². The van der Waals surface area contributed by atoms with Crippen LogP contribution in [-0.4, -0.2) is 30.4 Å². The summed E-state index contributed by atoms with van der Waals surface area (Å²) in [6.45, 7) is 0.115. The molecule has 0 aromatic heterocycles. The molecule has 1 aromatic carbocycles. The lowest BCUT2D eigenvalue weighted by Crippen LogP contribution is -2.42. The van der Waals surface area contributed by atoms with Crippen molar-refractivity contribution in [1.82, 2.24) is 0 Å². The molecule has 5 heteroatoms. The van der Waals surface area contributed by atoms with Crippen molar-refractivity contribution in [1.29, 1.82) is 0 Å². The summed E-state index contributed by atoms with van der Waals surface area (Å²) < 4.78 is 0. The van der Waals surface area contributed by atoms with Crippen molar-refractivity contribution in [2.45, 2.75) is 6.42 Å². The van der Waals surface area contributed by atoms with Crippen LogP contribution < -0.4 is 10.2 Å². The van der Waals surface area contributed by atoms with Gasteiger partial charge in [-0.2, -0.15) is 11.8 Å². The van der Waals surface area contributed by atoms with Gasteiger partial charge in [0.15, 0.2) is 0 Å². The standard InChI is InChI=1S/C12H14N2O2S/c1-17-7-6-12(16)14-8-11(15)13-9-4-2-3-5-10(9)14/h2-5H,6-8H2,1H3,(H,13,15). The Morgan fingerprint density at radius 1 is 1.47 bits per heavy atom. The Kier molecular flexibility index (Phi) is 3.68. The van der Waals surface area contributed by atoms with E-state index in [1.54, 1.807) is 22.7 Å². The van der Waals surface area contributed by atoms with Gasteiger partial charge in [0.1, 0.15) is 6.54 Å². The first-order chi connectivity index (χ1) is 8.22. The molecular weight excluding hydrogens is 236 g/mol. The number of benzene rings is 1. The lowest BCUT2D eigenvalue weighted by atomic mass is 10.2. The van der Waals surface area contributed by atoms with Crippen LogP contribution in [0.1, 0.15) is 6.42 Å². The van der Waals surface area contributed by atoms with Gasteiger partial charge in [0, 0.05) is 12.2 Å². The summed E-state index contributed by atoms with van der Waals surface area (Å²) in [5, 5.41) is 2.76. The van der Waals surface area contributed by atoms with Gasteiger partial charge < -0.3 is 10.2 Å². The van der Waals surface area contributed by atoms with E-state index in [1.165, 1.54) is 0 Å². The third-order valence-electron chi connectivity index (χ3n) is 2.59. The minimum Gasteiger partial charge on any atom is -0.323 e. The van der Waals surface area contributed by atoms with Gasteiger partial charge in [0.25, 0.3) is 0 Å². The van der Waals surface area contributed by atoms with Crippen molar-refractivity contribution in [3.63, 3.8) is 0 Å². The fourth-order valence-corrected chi connectivity index (χ4v) is 2.16. The predicted molar refractivity (Wildman–Crippen MR) is 70.4 cm³/mol. The van der Waals surface area contributed by atoms with E-state index < -0.39 is 0 Å². The van der Waals surface area contributed by atoms with E-state index in [4.69, 9.17) is 0 Å². The van der Waals surface area contributed by atoms with Gasteiger partial charge in [-0.25, -0.2) is 0 Å². The van der Waals surface area contributed by atoms with Gasteiger partial charge in [0.05, 0.1) is 11.4 Å². The Labute approximate surface area is 104 Å². The van der Waals surface area contributed by atoms with E-state index in [0.717, 1.165) is 11.4 Å². The number of fused-ring (bicyclic) bond motifs is 1. The third kappa shape index (κ3) is 2.61. The Balaban J connectivity index is 2.23. The topological polar surface area (TPSA) is 49.4 Å². The van der Waals surface area contributed by atoms with Crippen LogP contribution in [0.25, 0.3) is 0 Å². The van der Waals surface area contributed by atoms with Crippen LogP contribution in [0.15, 0.2) is 24.3 Å². The van der Waals surface area contributed by atoms with Gasteiger partial charge in [-0.3, -0.25) is 9.59 Å². The first-order valence-electron chi connectivity index (χ1n) is 5.40. The maximum Gasteiger partial charge on any atom is 0.244 e. The van der Waals surface area contributed by atoms with Gasteiger partial charge in [0.2, 0.25) is 11.8 Å². The number of para-hydroxylation sites is 2. The number of carbonyl (C=O) groups is 2. The van der Waals surface area contributed by atoms with Crippen LogP contribution in [0, 0.1) is 0 Å². The molecule has 0 saturated carbocycles. The van der Waals surface area contributed by atoms with Crippen molar-refractivity contribution >= 4 is 35.0 Å². The molecule has 2 amide bonds. The van der Waals surface area contributed by atoms with Crippen LogP contribution in [0.4, 0.5) is 11.4 Å². The zero-order valence-electron chi connectivity index (χ0n) is 9.60. The zero-order chi connectivity index (χ0) is 12.3. The number of nitrogens with one attached hydrogen (secondary N) is 1. The molecule has 17 heavy (non-hydrogen) atoms. The maximum absolute atomic E-state index is 12.0. The second kappa shape index (κ2) is 5.23. The highest BCUT2D eigenvalue weighted by molar-refractivity contribution is 7.98. The molecule has 1 aliphatic rings. The molecule has 0 atom stereocenters. The van der Waals surface area contributed by atoms with Gasteiger partial charge in [-0.1, -0.05) is 12.1 Å². The molecule has 4 nitrogen and oxygen atoms in total. The monoisotopic (exact) mass is 250 g/mol. The summed E-state index contributed by atoms with van der Waals surface area (Å²) in [7, 11) is 0. The number of hydrogen-bond donors (Lipinski definition) is 1. The summed E-state index contributed by atoms with van der Waals surface area (Å²) in [6, 6.07) is 7.37. The van der Waals surface area contributed by atoms with E-state index in [2.05, 4.69) is 5.32 Å². The van der Waals surface area contributed by atoms with Crippen molar-refractivity contribution < 1.29 is 9.59 Å². The Bertz CT molecular complexity index is 448. The predicted octanol–water partition coefficient (Wildman–Crippen LogP) is 1.72. The molecule has 1 aromatic rings. The first kappa shape index (κ1) is 12.0. The average molecular weight is 250 g/mol. The number of carbonyl (C=O) groups excluding carboxylic acids is 2. The quantitative estimate of drug-likeness (QED) is 0.888. The van der Waals surface area contributed by atoms with Crippen LogP contribution in [-0.2, 0) is 9.59 Å². The molecule has 0 bridgehead atoms. The lowest BCUT2D eigenvalue weighted by molar-refractivity contribution is -0.121. The molecule has 0 saturated heterocycles. The number of hydrogen-bond acceptors (Lipinski definition) is 3. The number of nitrogens with zero attached hydrogens (tertiary/aromatic N) is 1. The summed E-state index contributed by atoms with van der Waals surface area (Å²) in [5.41, 5.74) is 1.50. The highest BCUT2D eigenvalue weighted by Gasteiger charge is 2.25. The molecule has 0 aliphatic carbocycles. The highest BCUT2D eigenvalue weighted by atomic mass is 32.2. The molecule has 1 N–H and O–H groups in total. The zero-order valence-corrected chi connectivity index (χ0v) is 10.4. The van der Waals surface area contributed by atoms with Crippen molar-refractivity contribution in [2.24, 2.45) is 0 Å². The molecular formula is C12H14N2O2S. The molecule has 0 unspecified atom stereocenters. The van der Waals surface area contributed by atoms with Gasteiger partial charge >= 0.3 is 0 Å². The van der Waals surface area contributed by atoms with Crippen LogP contribution in [0.5, 0.6) is 0 Å². The lowest BCUT2D eigenvalue weighted by Gasteiger charge is -2.29. The maximum atomic E-state index is 12.0. The summed E-state index contributed by atoms with van der Waals surface area (Å²) in [5.74, 6) is 0.641. The van der Waals surface area contributed by atoms with E-state index in [-0.39, 0.29) is 18.4 Å². The normalized spacial score (nSPS) is 14.2. The SMILES string of the molecule is CSCCC(=O)N1CC(=O)Nc2ccccc21. The second-order valence-electron chi connectivity index (χ2n) is 3.79. The molecule has 0 radical (unpaired) electrons. The van der Waals surface area contributed by atoms with E-state index in [9.17, 15) is 9.59 Å². The number of amides is 2. The van der Waals surface area contributed by atoms with Crippen LogP contribution >= 0.6 is 11.8 Å². The number of anilines is 2. The Morgan fingerprint density at radius 3 is 3.00 bits per heavy atom. The molecule has 0 spiro atoms. The largest absolute Gasteiger partial charge is 0.323 e. The van der Waals surface area contributed by atoms with Crippen molar-refractivity contribution in [3.05, 3.63) is 24.3 Å². The summed E-state index contributed by atoms with van der Waals surface area (Å²) in [6.07, 6.45) is 2.42. The molecule has 0 fully saturated rings.